The van der Waals surface area contributed by atoms with E-state index in [1.165, 1.54) is 11.4 Å². The van der Waals surface area contributed by atoms with Gasteiger partial charge in [0.2, 0.25) is 0 Å². The van der Waals surface area contributed by atoms with Crippen molar-refractivity contribution in [2.75, 3.05) is 5.32 Å². The van der Waals surface area contributed by atoms with Gasteiger partial charge in [-0.25, -0.2) is 4.98 Å². The third kappa shape index (κ3) is 3.32. The Balaban J connectivity index is 2.25. The lowest BCUT2D eigenvalue weighted by atomic mass is 10.2. The van der Waals surface area contributed by atoms with E-state index in [0.29, 0.717) is 11.3 Å². The van der Waals surface area contributed by atoms with Crippen LogP contribution in [0.2, 0.25) is 5.02 Å². The van der Waals surface area contributed by atoms with Gasteiger partial charge in [-0.3, -0.25) is 4.79 Å². The van der Waals surface area contributed by atoms with Gasteiger partial charge in [-0.1, -0.05) is 11.6 Å². The van der Waals surface area contributed by atoms with Crippen molar-refractivity contribution < 1.29 is 18.0 Å². The molecule has 108 valence electrons. The first kappa shape index (κ1) is 15.3. The quantitative estimate of drug-likeness (QED) is 0.906. The number of nitriles is 1. The molecule has 0 atom stereocenters. The molecule has 0 bridgehead atoms. The fourth-order valence-electron chi connectivity index (χ4n) is 1.49. The normalized spacial score (nSPS) is 11.0. The summed E-state index contributed by atoms with van der Waals surface area (Å²) in [7, 11) is 0. The molecule has 0 aliphatic carbocycles. The Labute approximate surface area is 125 Å². The van der Waals surface area contributed by atoms with Crippen molar-refractivity contribution in [1.82, 2.24) is 4.98 Å². The summed E-state index contributed by atoms with van der Waals surface area (Å²) in [6, 6.07) is 4.06. The molecule has 1 N–H and O–H groups in total. The second kappa shape index (κ2) is 5.71. The second-order valence-electron chi connectivity index (χ2n) is 3.78. The molecular formula is C12H5ClF3N3OS. The van der Waals surface area contributed by atoms with Crippen molar-refractivity contribution in [3.63, 3.8) is 0 Å². The number of hydrogen-bond acceptors (Lipinski definition) is 4. The van der Waals surface area contributed by atoms with E-state index in [4.69, 9.17) is 16.9 Å². The van der Waals surface area contributed by atoms with Gasteiger partial charge in [-0.05, 0) is 17.5 Å². The predicted octanol–water partition coefficient (Wildman–Crippen LogP) is 3.94. The minimum absolute atomic E-state index is 0.00309. The number of nitrogens with zero attached hydrogens (tertiary/aromatic N) is 2. The monoisotopic (exact) mass is 331 g/mol. The fourth-order valence-corrected chi connectivity index (χ4v) is 2.46. The first-order valence-corrected chi connectivity index (χ1v) is 6.60. The van der Waals surface area contributed by atoms with Gasteiger partial charge in [0, 0.05) is 0 Å². The third-order valence-electron chi connectivity index (χ3n) is 2.37. The lowest BCUT2D eigenvalue weighted by Crippen LogP contribution is -2.16. The standard InChI is InChI=1S/C12H5ClF3N3OS/c13-8-3-6(5-18-9(8)4-17)19-11(20)7-1-2-21-10(7)12(14,15)16/h1-3,5H,(H,19,20). The molecule has 0 saturated carbocycles. The largest absolute Gasteiger partial charge is 0.426 e. The van der Waals surface area contributed by atoms with Crippen molar-refractivity contribution in [3.8, 4) is 6.07 Å². The Morgan fingerprint density at radius 3 is 2.76 bits per heavy atom. The van der Waals surface area contributed by atoms with E-state index in [9.17, 15) is 18.0 Å². The van der Waals surface area contributed by atoms with Crippen LogP contribution in [0.4, 0.5) is 18.9 Å². The van der Waals surface area contributed by atoms with Gasteiger partial charge < -0.3 is 5.32 Å². The molecule has 0 radical (unpaired) electrons. The number of pyridine rings is 1. The van der Waals surface area contributed by atoms with Crippen molar-refractivity contribution >= 4 is 34.5 Å². The number of rotatable bonds is 2. The van der Waals surface area contributed by atoms with Crippen LogP contribution in [0.5, 0.6) is 0 Å². The predicted molar refractivity (Wildman–Crippen MR) is 71.2 cm³/mol. The summed E-state index contributed by atoms with van der Waals surface area (Å²) in [5, 5.41) is 12.1. The summed E-state index contributed by atoms with van der Waals surface area (Å²) >= 11 is 6.16. The Kier molecular flexibility index (Phi) is 4.16. The maximum atomic E-state index is 12.7. The Bertz CT molecular complexity index is 736. The van der Waals surface area contributed by atoms with Crippen molar-refractivity contribution in [2.45, 2.75) is 6.18 Å². The van der Waals surface area contributed by atoms with E-state index in [1.807, 2.05) is 0 Å². The van der Waals surface area contributed by atoms with Crippen LogP contribution in [0.3, 0.4) is 0 Å². The van der Waals surface area contributed by atoms with Crippen LogP contribution < -0.4 is 5.32 Å². The van der Waals surface area contributed by atoms with Gasteiger partial charge in [0.25, 0.3) is 5.91 Å². The van der Waals surface area contributed by atoms with Gasteiger partial charge in [0.05, 0.1) is 22.5 Å². The molecule has 2 aromatic rings. The summed E-state index contributed by atoms with van der Waals surface area (Å²) in [6.45, 7) is 0. The van der Waals surface area contributed by atoms with Gasteiger partial charge >= 0.3 is 6.18 Å². The highest BCUT2D eigenvalue weighted by molar-refractivity contribution is 7.10. The van der Waals surface area contributed by atoms with E-state index in [1.54, 1.807) is 6.07 Å². The molecular weight excluding hydrogens is 327 g/mol. The molecule has 4 nitrogen and oxygen atoms in total. The zero-order chi connectivity index (χ0) is 15.6. The SMILES string of the molecule is N#Cc1ncc(NC(=O)c2ccsc2C(F)(F)F)cc1Cl. The maximum absolute atomic E-state index is 12.7. The van der Waals surface area contributed by atoms with Crippen LogP contribution >= 0.6 is 22.9 Å². The lowest BCUT2D eigenvalue weighted by Gasteiger charge is -2.08. The Morgan fingerprint density at radius 1 is 1.48 bits per heavy atom. The number of halogens is 4. The third-order valence-corrected chi connectivity index (χ3v) is 3.62. The highest BCUT2D eigenvalue weighted by Gasteiger charge is 2.36. The zero-order valence-corrected chi connectivity index (χ0v) is 11.6. The van der Waals surface area contributed by atoms with Crippen molar-refractivity contribution in [2.24, 2.45) is 0 Å². The molecule has 9 heteroatoms. The van der Waals surface area contributed by atoms with E-state index in [-0.39, 0.29) is 16.4 Å². The lowest BCUT2D eigenvalue weighted by molar-refractivity contribution is -0.134. The van der Waals surface area contributed by atoms with Crippen molar-refractivity contribution in [3.05, 3.63) is 44.9 Å². The maximum Gasteiger partial charge on any atom is 0.426 e. The minimum Gasteiger partial charge on any atom is -0.321 e. The van der Waals surface area contributed by atoms with Crippen LogP contribution in [-0.4, -0.2) is 10.9 Å². The minimum atomic E-state index is -4.60. The fraction of sp³-hybridized carbons (Fsp3) is 0.0833. The average molecular weight is 332 g/mol. The smallest absolute Gasteiger partial charge is 0.321 e. The van der Waals surface area contributed by atoms with Crippen molar-refractivity contribution in [1.29, 1.82) is 5.26 Å². The first-order chi connectivity index (χ1) is 9.82. The molecule has 0 unspecified atom stereocenters. The molecule has 0 aromatic carbocycles. The Hall–Kier alpha value is -2.11. The average Bonchev–Trinajstić information content (AvgIpc) is 2.88. The molecule has 2 aromatic heterocycles. The summed E-state index contributed by atoms with van der Waals surface area (Å²) in [6.07, 6.45) is -3.45. The van der Waals surface area contributed by atoms with Crippen LogP contribution in [-0.2, 0) is 6.18 Å². The number of anilines is 1. The summed E-state index contributed by atoms with van der Waals surface area (Å²) in [5.74, 6) is -0.925. The number of amides is 1. The highest BCUT2D eigenvalue weighted by atomic mass is 35.5. The summed E-state index contributed by atoms with van der Waals surface area (Å²) in [5.41, 5.74) is -0.419. The molecule has 0 fully saturated rings. The van der Waals surface area contributed by atoms with E-state index in [0.717, 1.165) is 12.3 Å². The molecule has 0 saturated heterocycles. The first-order valence-electron chi connectivity index (χ1n) is 5.34. The van der Waals surface area contributed by atoms with Gasteiger partial charge in [0.1, 0.15) is 10.9 Å². The molecule has 2 heterocycles. The molecule has 21 heavy (non-hydrogen) atoms. The number of aromatic nitrogens is 1. The van der Waals surface area contributed by atoms with Gasteiger partial charge in [0.15, 0.2) is 5.69 Å². The number of carbonyl (C=O) groups excluding carboxylic acids is 1. The van der Waals surface area contributed by atoms with Crippen LogP contribution in [0.25, 0.3) is 0 Å². The number of hydrogen-bond donors (Lipinski definition) is 1. The van der Waals surface area contributed by atoms with Gasteiger partial charge in [-0.15, -0.1) is 11.3 Å². The number of alkyl halides is 3. The second-order valence-corrected chi connectivity index (χ2v) is 5.10. The molecule has 0 aliphatic rings. The summed E-state index contributed by atoms with van der Waals surface area (Å²) < 4.78 is 38.1. The Morgan fingerprint density at radius 2 is 2.19 bits per heavy atom. The summed E-state index contributed by atoms with van der Waals surface area (Å²) in [4.78, 5) is 14.6. The zero-order valence-electron chi connectivity index (χ0n) is 10.0. The topological polar surface area (TPSA) is 65.8 Å². The molecule has 0 spiro atoms. The number of thiophene rings is 1. The number of carbonyl (C=O) groups is 1. The van der Waals surface area contributed by atoms with Crippen LogP contribution in [0.15, 0.2) is 23.7 Å². The van der Waals surface area contributed by atoms with E-state index in [2.05, 4.69) is 10.3 Å². The molecule has 1 amide bonds. The highest BCUT2D eigenvalue weighted by Crippen LogP contribution is 2.36. The van der Waals surface area contributed by atoms with E-state index < -0.39 is 22.5 Å². The molecule has 0 aliphatic heterocycles. The molecule has 2 rings (SSSR count). The van der Waals surface area contributed by atoms with E-state index >= 15 is 0 Å². The van der Waals surface area contributed by atoms with Crippen LogP contribution in [0.1, 0.15) is 20.9 Å². The number of nitrogens with one attached hydrogen (secondary N) is 1. The van der Waals surface area contributed by atoms with Crippen LogP contribution in [0, 0.1) is 11.3 Å². The van der Waals surface area contributed by atoms with Gasteiger partial charge in [-0.2, -0.15) is 18.4 Å².